The van der Waals surface area contributed by atoms with E-state index in [2.05, 4.69) is 18.8 Å². The van der Waals surface area contributed by atoms with E-state index >= 15 is 0 Å². The van der Waals surface area contributed by atoms with Gasteiger partial charge in [-0.1, -0.05) is 13.8 Å². The maximum atomic E-state index is 10.9. The first-order chi connectivity index (χ1) is 6.16. The minimum Gasteiger partial charge on any atom is -0.424 e. The number of carbonyl (C=O) groups is 1. The van der Waals surface area contributed by atoms with Crippen molar-refractivity contribution in [2.75, 3.05) is 0 Å². The normalized spacial score (nSPS) is 14.5. The molecule has 0 N–H and O–H groups in total. The van der Waals surface area contributed by atoms with Crippen LogP contribution < -0.4 is 4.74 Å². The summed E-state index contributed by atoms with van der Waals surface area (Å²) in [7, 11) is 0. The van der Waals surface area contributed by atoms with Gasteiger partial charge in [0.2, 0.25) is 0 Å². The molecular formula is C10H11NO2. The van der Waals surface area contributed by atoms with Gasteiger partial charge in [0.15, 0.2) is 5.75 Å². The highest BCUT2D eigenvalue weighted by molar-refractivity contribution is 5.80. The fraction of sp³-hybridized carbons (Fsp3) is 0.400. The third-order valence-corrected chi connectivity index (χ3v) is 2.15. The summed E-state index contributed by atoms with van der Waals surface area (Å²) < 4.78 is 5.00. The van der Waals surface area contributed by atoms with Crippen molar-refractivity contribution in [1.82, 2.24) is 4.98 Å². The van der Waals surface area contributed by atoms with E-state index in [4.69, 9.17) is 4.74 Å². The smallest absolute Gasteiger partial charge is 0.317 e. The Labute approximate surface area is 76.7 Å². The van der Waals surface area contributed by atoms with E-state index in [1.54, 1.807) is 0 Å². The second kappa shape index (κ2) is 2.83. The summed E-state index contributed by atoms with van der Waals surface area (Å²) >= 11 is 0. The van der Waals surface area contributed by atoms with Crippen molar-refractivity contribution in [3.63, 3.8) is 0 Å². The zero-order chi connectivity index (χ0) is 9.42. The van der Waals surface area contributed by atoms with Crippen molar-refractivity contribution in [2.45, 2.75) is 26.2 Å². The first-order valence-corrected chi connectivity index (χ1v) is 4.36. The maximum absolute atomic E-state index is 10.9. The first-order valence-electron chi connectivity index (χ1n) is 4.36. The van der Waals surface area contributed by atoms with E-state index in [9.17, 15) is 4.79 Å². The molecule has 0 saturated heterocycles. The Bertz CT molecular complexity index is 358. The number of hydrogen-bond acceptors (Lipinski definition) is 3. The van der Waals surface area contributed by atoms with Crippen LogP contribution in [0.2, 0.25) is 0 Å². The number of esters is 1. The Hall–Kier alpha value is -1.38. The lowest BCUT2D eigenvalue weighted by Crippen LogP contribution is -2.00. The van der Waals surface area contributed by atoms with Gasteiger partial charge < -0.3 is 4.74 Å². The number of nitrogens with zero attached hydrogens (tertiary/aromatic N) is 1. The molecule has 2 rings (SSSR count). The Morgan fingerprint density at radius 2 is 2.31 bits per heavy atom. The van der Waals surface area contributed by atoms with Gasteiger partial charge in [-0.05, 0) is 17.5 Å². The highest BCUT2D eigenvalue weighted by Crippen LogP contribution is 2.27. The molecular weight excluding hydrogens is 166 g/mol. The summed E-state index contributed by atoms with van der Waals surface area (Å²) in [4.78, 5) is 15.1. The fourth-order valence-electron chi connectivity index (χ4n) is 1.32. The number of carbonyl (C=O) groups excluding carboxylic acids is 1. The van der Waals surface area contributed by atoms with Crippen molar-refractivity contribution < 1.29 is 9.53 Å². The van der Waals surface area contributed by atoms with E-state index in [-0.39, 0.29) is 5.97 Å². The van der Waals surface area contributed by atoms with Crippen LogP contribution in [0.4, 0.5) is 0 Å². The van der Waals surface area contributed by atoms with Gasteiger partial charge in [0.25, 0.3) is 0 Å². The SMILES string of the molecule is CC(C)c1cnc2c(c1)OC(=O)C2. The van der Waals surface area contributed by atoms with E-state index in [1.165, 1.54) is 0 Å². The van der Waals surface area contributed by atoms with E-state index < -0.39 is 0 Å². The van der Waals surface area contributed by atoms with E-state index in [0.29, 0.717) is 18.1 Å². The number of pyridine rings is 1. The fourth-order valence-corrected chi connectivity index (χ4v) is 1.32. The topological polar surface area (TPSA) is 39.2 Å². The average molecular weight is 177 g/mol. The van der Waals surface area contributed by atoms with Gasteiger partial charge in [-0.15, -0.1) is 0 Å². The van der Waals surface area contributed by atoms with Crippen molar-refractivity contribution in [3.8, 4) is 5.75 Å². The average Bonchev–Trinajstić information content (AvgIpc) is 2.42. The van der Waals surface area contributed by atoms with Crippen LogP contribution in [0.5, 0.6) is 5.75 Å². The minimum atomic E-state index is -0.205. The summed E-state index contributed by atoms with van der Waals surface area (Å²) in [6.45, 7) is 4.17. The van der Waals surface area contributed by atoms with Gasteiger partial charge in [0.1, 0.15) is 0 Å². The second-order valence-corrected chi connectivity index (χ2v) is 3.52. The molecule has 1 aliphatic heterocycles. The number of rotatable bonds is 1. The molecule has 2 heterocycles. The quantitative estimate of drug-likeness (QED) is 0.612. The van der Waals surface area contributed by atoms with Gasteiger partial charge in [0, 0.05) is 6.20 Å². The molecule has 3 nitrogen and oxygen atoms in total. The molecule has 0 spiro atoms. The second-order valence-electron chi connectivity index (χ2n) is 3.52. The molecule has 1 aliphatic rings. The summed E-state index contributed by atoms with van der Waals surface area (Å²) in [6.07, 6.45) is 2.12. The van der Waals surface area contributed by atoms with Crippen molar-refractivity contribution in [2.24, 2.45) is 0 Å². The molecule has 0 bridgehead atoms. The third-order valence-electron chi connectivity index (χ3n) is 2.15. The zero-order valence-corrected chi connectivity index (χ0v) is 7.70. The largest absolute Gasteiger partial charge is 0.424 e. The molecule has 0 atom stereocenters. The Morgan fingerprint density at radius 3 is 3.00 bits per heavy atom. The van der Waals surface area contributed by atoms with E-state index in [0.717, 1.165) is 11.3 Å². The third kappa shape index (κ3) is 1.41. The summed E-state index contributed by atoms with van der Waals surface area (Å²) in [6, 6.07) is 1.90. The molecule has 0 fully saturated rings. The zero-order valence-electron chi connectivity index (χ0n) is 7.70. The molecule has 0 radical (unpaired) electrons. The summed E-state index contributed by atoms with van der Waals surface area (Å²) in [5.74, 6) is 0.844. The molecule has 13 heavy (non-hydrogen) atoms. The van der Waals surface area contributed by atoms with Gasteiger partial charge in [0.05, 0.1) is 12.1 Å². The van der Waals surface area contributed by atoms with Crippen molar-refractivity contribution >= 4 is 5.97 Å². The predicted octanol–water partition coefficient (Wildman–Crippen LogP) is 1.67. The first kappa shape index (κ1) is 8.23. The van der Waals surface area contributed by atoms with Crippen LogP contribution in [0, 0.1) is 0 Å². The highest BCUT2D eigenvalue weighted by Gasteiger charge is 2.22. The van der Waals surface area contributed by atoms with Crippen LogP contribution in [0.15, 0.2) is 12.3 Å². The molecule has 1 aromatic rings. The number of fused-ring (bicyclic) bond motifs is 1. The van der Waals surface area contributed by atoms with Crippen molar-refractivity contribution in [1.29, 1.82) is 0 Å². The van der Waals surface area contributed by atoms with Gasteiger partial charge >= 0.3 is 5.97 Å². The Morgan fingerprint density at radius 1 is 1.54 bits per heavy atom. The van der Waals surface area contributed by atoms with Gasteiger partial charge in [-0.25, -0.2) is 0 Å². The minimum absolute atomic E-state index is 0.205. The Balaban J connectivity index is 2.40. The lowest BCUT2D eigenvalue weighted by molar-refractivity contribution is -0.131. The summed E-state index contributed by atoms with van der Waals surface area (Å²) in [5, 5.41) is 0. The molecule has 0 saturated carbocycles. The summed E-state index contributed by atoms with van der Waals surface area (Å²) in [5.41, 5.74) is 1.86. The van der Waals surface area contributed by atoms with Crippen LogP contribution in [-0.2, 0) is 11.2 Å². The Kier molecular flexibility index (Phi) is 1.79. The maximum Gasteiger partial charge on any atom is 0.317 e. The number of ether oxygens (including phenoxy) is 1. The van der Waals surface area contributed by atoms with Crippen LogP contribution in [-0.4, -0.2) is 11.0 Å². The monoisotopic (exact) mass is 177 g/mol. The number of aromatic nitrogens is 1. The molecule has 0 unspecified atom stereocenters. The van der Waals surface area contributed by atoms with Gasteiger partial charge in [-0.3, -0.25) is 9.78 Å². The van der Waals surface area contributed by atoms with Crippen LogP contribution in [0.3, 0.4) is 0 Å². The predicted molar refractivity (Wildman–Crippen MR) is 47.7 cm³/mol. The van der Waals surface area contributed by atoms with Crippen molar-refractivity contribution in [3.05, 3.63) is 23.5 Å². The van der Waals surface area contributed by atoms with Gasteiger partial charge in [-0.2, -0.15) is 0 Å². The highest BCUT2D eigenvalue weighted by atomic mass is 16.5. The van der Waals surface area contributed by atoms with E-state index in [1.807, 2.05) is 12.3 Å². The molecule has 0 aromatic carbocycles. The lowest BCUT2D eigenvalue weighted by Gasteiger charge is -2.05. The molecule has 0 amide bonds. The number of hydrogen-bond donors (Lipinski definition) is 0. The van der Waals surface area contributed by atoms with Crippen LogP contribution in [0.25, 0.3) is 0 Å². The standard InChI is InChI=1S/C10H11NO2/c1-6(2)7-3-9-8(11-5-7)4-10(12)13-9/h3,5-6H,4H2,1-2H3. The van der Waals surface area contributed by atoms with Crippen LogP contribution in [0.1, 0.15) is 31.0 Å². The lowest BCUT2D eigenvalue weighted by atomic mass is 10.1. The molecule has 1 aromatic heterocycles. The van der Waals surface area contributed by atoms with Crippen LogP contribution >= 0.6 is 0 Å². The molecule has 68 valence electrons. The molecule has 3 heteroatoms. The molecule has 0 aliphatic carbocycles.